The van der Waals surface area contributed by atoms with Crippen LogP contribution in [0.25, 0.3) is 0 Å². The Morgan fingerprint density at radius 2 is 1.86 bits per heavy atom. The van der Waals surface area contributed by atoms with Crippen molar-refractivity contribution >= 4 is 23.4 Å². The lowest BCUT2D eigenvalue weighted by atomic mass is 10.3. The van der Waals surface area contributed by atoms with E-state index in [1.165, 1.54) is 7.05 Å². The summed E-state index contributed by atoms with van der Waals surface area (Å²) in [6.45, 7) is 0. The van der Waals surface area contributed by atoms with E-state index < -0.39 is 6.09 Å². The van der Waals surface area contributed by atoms with Crippen LogP contribution < -0.4 is 31.6 Å². The normalized spacial score (nSPS) is 8.90. The van der Waals surface area contributed by atoms with Crippen molar-refractivity contribution < 1.29 is 36.6 Å². The van der Waals surface area contributed by atoms with Crippen LogP contribution in [0.1, 0.15) is 0 Å². The minimum Gasteiger partial charge on any atom is -1.00 e. The molecule has 21 heavy (non-hydrogen) atoms. The summed E-state index contributed by atoms with van der Waals surface area (Å²) in [4.78, 5) is 11.4. The molecule has 0 spiro atoms. The Bertz CT molecular complexity index is 561. The molecule has 0 unspecified atom stereocenters. The van der Waals surface area contributed by atoms with Crippen LogP contribution in [0.2, 0.25) is 5.02 Å². The third-order valence-electron chi connectivity index (χ3n) is 2.41. The van der Waals surface area contributed by atoms with E-state index in [0.29, 0.717) is 16.5 Å². The van der Waals surface area contributed by atoms with Gasteiger partial charge in [-0.3, -0.25) is 0 Å². The number of aryl methyl sites for hydroxylation is 1. The van der Waals surface area contributed by atoms with Crippen molar-refractivity contribution in [1.82, 2.24) is 0 Å². The topological polar surface area (TPSA) is 67.5 Å². The first-order valence-electron chi connectivity index (χ1n) is 5.74. The number of aromatic nitrogens is 1. The van der Waals surface area contributed by atoms with Gasteiger partial charge in [-0.2, -0.15) is 0 Å². The second-order valence-electron chi connectivity index (χ2n) is 4.03. The Morgan fingerprint density at radius 3 is 2.24 bits per heavy atom. The number of hydrogen-bond donors (Lipinski definition) is 1. The zero-order valence-corrected chi connectivity index (χ0v) is 13.9. The number of aromatic hydroxyl groups is 1. The standard InChI is InChI=1S/C8H8ClNO2.C6H7NO.BrH/c1-10(8(11)12)7-4-2-6(9)3-5-7;1-7-4-2-3-6(8)5-7;/h2-5H,1H3,(H,11,12);2-5H,1H3;1H/p-1. The fourth-order valence-electron chi connectivity index (χ4n) is 1.34. The van der Waals surface area contributed by atoms with Gasteiger partial charge in [0.15, 0.2) is 11.9 Å². The molecule has 1 aromatic carbocycles. The molecule has 0 atom stereocenters. The van der Waals surface area contributed by atoms with Crippen LogP contribution in [0.5, 0.6) is 5.75 Å². The number of rotatable bonds is 1. The minimum absolute atomic E-state index is 0. The van der Waals surface area contributed by atoms with Gasteiger partial charge in [-0.15, -0.1) is 0 Å². The molecule has 0 aliphatic rings. The van der Waals surface area contributed by atoms with Crippen LogP contribution >= 0.6 is 11.6 Å². The summed E-state index contributed by atoms with van der Waals surface area (Å²) in [6, 6.07) is 9.89. The van der Waals surface area contributed by atoms with Gasteiger partial charge in [-0.1, -0.05) is 11.6 Å². The number of pyridine rings is 1. The Balaban J connectivity index is 0.000000390. The Kier molecular flexibility index (Phi) is 8.42. The van der Waals surface area contributed by atoms with Gasteiger partial charge in [0, 0.05) is 23.8 Å². The highest BCUT2D eigenvalue weighted by Gasteiger charge is 1.99. The molecule has 114 valence electrons. The summed E-state index contributed by atoms with van der Waals surface area (Å²) in [5, 5.41) is 19.7. The maximum Gasteiger partial charge on any atom is 0.210 e. The molecule has 0 bridgehead atoms. The van der Waals surface area contributed by atoms with Gasteiger partial charge in [-0.05, 0) is 30.3 Å². The van der Waals surface area contributed by atoms with Crippen LogP contribution in [0.4, 0.5) is 10.5 Å². The highest BCUT2D eigenvalue weighted by Crippen LogP contribution is 2.16. The molecule has 1 heterocycles. The van der Waals surface area contributed by atoms with E-state index in [1.807, 2.05) is 13.2 Å². The van der Waals surface area contributed by atoms with Crippen molar-refractivity contribution in [2.45, 2.75) is 0 Å². The van der Waals surface area contributed by atoms with Crippen molar-refractivity contribution in [1.29, 1.82) is 0 Å². The van der Waals surface area contributed by atoms with Crippen molar-refractivity contribution in [3.05, 3.63) is 53.8 Å². The van der Waals surface area contributed by atoms with E-state index in [4.69, 9.17) is 16.7 Å². The first-order chi connectivity index (χ1) is 9.40. The van der Waals surface area contributed by atoms with Crippen LogP contribution in [0.15, 0.2) is 48.8 Å². The van der Waals surface area contributed by atoms with Crippen LogP contribution in [0.3, 0.4) is 0 Å². The van der Waals surface area contributed by atoms with Gasteiger partial charge in [-0.25, -0.2) is 4.57 Å². The minimum atomic E-state index is -1.24. The highest BCUT2D eigenvalue weighted by molar-refractivity contribution is 6.30. The zero-order valence-electron chi connectivity index (χ0n) is 11.5. The van der Waals surface area contributed by atoms with E-state index in [2.05, 4.69) is 0 Å². The number of hydrogen-bond acceptors (Lipinski definition) is 3. The van der Waals surface area contributed by atoms with Crippen LogP contribution in [-0.2, 0) is 7.05 Å². The second-order valence-corrected chi connectivity index (χ2v) is 4.47. The predicted octanol–water partition coefficient (Wildman–Crippen LogP) is -1.66. The Morgan fingerprint density at radius 1 is 1.29 bits per heavy atom. The Labute approximate surface area is 138 Å². The maximum atomic E-state index is 10.4. The van der Waals surface area contributed by atoms with Gasteiger partial charge in [0.1, 0.15) is 13.1 Å². The smallest absolute Gasteiger partial charge is 0.210 e. The molecule has 0 saturated carbocycles. The molecule has 7 heteroatoms. The number of amides is 1. The number of halogens is 2. The van der Waals surface area contributed by atoms with Crippen LogP contribution in [0, 0.1) is 0 Å². The van der Waals surface area contributed by atoms with Gasteiger partial charge >= 0.3 is 0 Å². The average molecular weight is 375 g/mol. The van der Waals surface area contributed by atoms with E-state index >= 15 is 0 Å². The zero-order chi connectivity index (χ0) is 15.1. The summed E-state index contributed by atoms with van der Waals surface area (Å²) >= 11 is 5.61. The van der Waals surface area contributed by atoms with Crippen molar-refractivity contribution in [3.8, 4) is 5.75 Å². The van der Waals surface area contributed by atoms with E-state index in [0.717, 1.165) is 4.90 Å². The third-order valence-corrected chi connectivity index (χ3v) is 2.66. The van der Waals surface area contributed by atoms with Crippen molar-refractivity contribution in [2.75, 3.05) is 11.9 Å². The monoisotopic (exact) mass is 373 g/mol. The maximum absolute atomic E-state index is 10.4. The van der Waals surface area contributed by atoms with Crippen molar-refractivity contribution in [2.24, 2.45) is 7.05 Å². The summed E-state index contributed by atoms with van der Waals surface area (Å²) in [6.07, 6.45) is 2.26. The van der Waals surface area contributed by atoms with Gasteiger partial charge in [0.2, 0.25) is 6.20 Å². The molecule has 2 aromatic rings. The number of carbonyl (C=O) groups is 1. The summed E-state index contributed by atoms with van der Waals surface area (Å²) in [5.74, 6) is 0.301. The fraction of sp³-hybridized carbons (Fsp3) is 0.143. The van der Waals surface area contributed by atoms with Gasteiger partial charge < -0.3 is 36.9 Å². The molecule has 0 radical (unpaired) electrons. The summed E-state index contributed by atoms with van der Waals surface area (Å²) in [5.41, 5.74) is 0.541. The first kappa shape index (κ1) is 19.2. The lowest BCUT2D eigenvalue weighted by Crippen LogP contribution is -3.00. The number of anilines is 1. The molecular formula is C14H15BrClN2O3-. The molecule has 0 saturated heterocycles. The van der Waals surface area contributed by atoms with Gasteiger partial charge in [0.25, 0.3) is 0 Å². The number of carbonyl (C=O) groups excluding carboxylic acids is 1. The molecule has 0 fully saturated rings. The number of benzene rings is 1. The number of carboxylic acid groups (broad SMARTS) is 1. The fourth-order valence-corrected chi connectivity index (χ4v) is 1.47. The van der Waals surface area contributed by atoms with Crippen molar-refractivity contribution in [3.63, 3.8) is 0 Å². The van der Waals surface area contributed by atoms with E-state index in [-0.39, 0.29) is 17.0 Å². The molecule has 5 nitrogen and oxygen atoms in total. The molecule has 2 rings (SSSR count). The molecule has 0 aliphatic heterocycles. The largest absolute Gasteiger partial charge is 1.00 e. The second kappa shape index (κ2) is 9.20. The van der Waals surface area contributed by atoms with E-state index in [1.54, 1.807) is 47.2 Å². The van der Waals surface area contributed by atoms with Gasteiger partial charge in [0.05, 0.1) is 0 Å². The summed E-state index contributed by atoms with van der Waals surface area (Å²) in [7, 11) is 3.28. The molecule has 0 aliphatic carbocycles. The van der Waals surface area contributed by atoms with Crippen LogP contribution in [-0.4, -0.2) is 18.2 Å². The SMILES string of the molecule is CN(C(=O)[O-])c1ccc(Cl)cc1.C[n+]1cccc(O)c1.[Br-]. The molecular weight excluding hydrogens is 360 g/mol. The van der Waals surface area contributed by atoms with E-state index in [9.17, 15) is 9.90 Å². The highest BCUT2D eigenvalue weighted by atomic mass is 79.9. The molecule has 1 amide bonds. The quantitative estimate of drug-likeness (QED) is 0.608. The first-order valence-corrected chi connectivity index (χ1v) is 6.12. The predicted molar refractivity (Wildman–Crippen MR) is 74.5 cm³/mol. The summed E-state index contributed by atoms with van der Waals surface area (Å²) < 4.78 is 1.79. The lowest BCUT2D eigenvalue weighted by molar-refractivity contribution is -0.671. The average Bonchev–Trinajstić information content (AvgIpc) is 2.39. The third kappa shape index (κ3) is 6.97. The molecule has 1 N–H and O–H groups in total. The Hall–Kier alpha value is -1.79. The lowest BCUT2D eigenvalue weighted by Gasteiger charge is -2.19. The number of nitrogens with zero attached hydrogens (tertiary/aromatic N) is 2. The molecule has 1 aromatic heterocycles.